The molecule has 1 atom stereocenters. The van der Waals surface area contributed by atoms with Crippen LogP contribution < -0.4 is 18.1 Å². The minimum atomic E-state index is -1.48. The van der Waals surface area contributed by atoms with Crippen LogP contribution in [0.5, 0.6) is 0 Å². The summed E-state index contributed by atoms with van der Waals surface area (Å²) in [7, 11) is -1.48. The standard InChI is InChI=1S/C10H14BNO2.ClH/c1-2-8-10(12,11(13)14)9-6-4-3-5-7-9;/h2-7,13-14H,1,8,12H2;1H. The van der Waals surface area contributed by atoms with Crippen LogP contribution in [0.1, 0.15) is 12.0 Å². The first kappa shape index (κ1) is 14.2. The quantitative estimate of drug-likeness (QED) is 0.373. The van der Waals surface area contributed by atoms with E-state index in [4.69, 9.17) is 0 Å². The minimum absolute atomic E-state index is 0. The van der Waals surface area contributed by atoms with Gasteiger partial charge in [0.2, 0.25) is 0 Å². The van der Waals surface area contributed by atoms with E-state index in [1.807, 2.05) is 30.3 Å². The first-order valence-electron chi connectivity index (χ1n) is 4.49. The minimum Gasteiger partial charge on any atom is -1.00 e. The van der Waals surface area contributed by atoms with Crippen LogP contribution in [0.15, 0.2) is 43.0 Å². The van der Waals surface area contributed by atoms with Crippen LogP contribution in [0.2, 0.25) is 0 Å². The molecule has 0 saturated heterocycles. The maximum Gasteiger partial charge on any atom is 0.525 e. The number of hydrogen-bond donors (Lipinski definition) is 3. The largest absolute Gasteiger partial charge is 1.00 e. The maximum atomic E-state index is 9.30. The lowest BCUT2D eigenvalue weighted by Crippen LogP contribution is -3.00. The molecule has 0 saturated carbocycles. The molecule has 1 rings (SSSR count). The van der Waals surface area contributed by atoms with Gasteiger partial charge in [-0.2, -0.15) is 0 Å². The van der Waals surface area contributed by atoms with Crippen molar-refractivity contribution < 1.29 is 28.2 Å². The Bertz CT molecular complexity index is 308. The lowest BCUT2D eigenvalue weighted by Gasteiger charge is -2.23. The van der Waals surface area contributed by atoms with Gasteiger partial charge in [-0.15, -0.1) is 6.58 Å². The van der Waals surface area contributed by atoms with Crippen LogP contribution in [-0.4, -0.2) is 17.2 Å². The highest BCUT2D eigenvalue weighted by Crippen LogP contribution is 2.21. The molecular weight excluding hydrogens is 212 g/mol. The van der Waals surface area contributed by atoms with Gasteiger partial charge in [-0.05, 0) is 0 Å². The number of hydrogen-bond acceptors (Lipinski definition) is 2. The van der Waals surface area contributed by atoms with Gasteiger partial charge in [-0.1, -0.05) is 36.4 Å². The number of benzene rings is 1. The summed E-state index contributed by atoms with van der Waals surface area (Å²) in [6.07, 6.45) is 2.06. The van der Waals surface area contributed by atoms with Gasteiger partial charge in [0.1, 0.15) is 0 Å². The van der Waals surface area contributed by atoms with Crippen molar-refractivity contribution >= 4 is 7.12 Å². The molecule has 5 N–H and O–H groups in total. The summed E-state index contributed by atoms with van der Waals surface area (Å²) >= 11 is 0. The molecule has 1 unspecified atom stereocenters. The average Bonchev–Trinajstić information content (AvgIpc) is 2.19. The molecule has 1 aromatic rings. The molecule has 15 heavy (non-hydrogen) atoms. The Kier molecular flexibility index (Phi) is 5.61. The zero-order valence-corrected chi connectivity index (χ0v) is 9.19. The van der Waals surface area contributed by atoms with Gasteiger partial charge < -0.3 is 28.2 Å². The van der Waals surface area contributed by atoms with E-state index in [0.717, 1.165) is 5.56 Å². The molecule has 5 heteroatoms. The molecule has 0 aliphatic rings. The molecule has 0 heterocycles. The summed E-state index contributed by atoms with van der Waals surface area (Å²) in [5.41, 5.74) is 3.74. The summed E-state index contributed by atoms with van der Waals surface area (Å²) < 4.78 is 0. The fraction of sp³-hybridized carbons (Fsp3) is 0.200. The second-order valence-corrected chi connectivity index (χ2v) is 3.39. The lowest BCUT2D eigenvalue weighted by molar-refractivity contribution is -0.460. The Balaban J connectivity index is 0.00000196. The molecule has 0 amide bonds. The molecule has 0 radical (unpaired) electrons. The monoisotopic (exact) mass is 227 g/mol. The van der Waals surface area contributed by atoms with E-state index in [1.54, 1.807) is 6.08 Å². The molecule has 0 spiro atoms. The van der Waals surface area contributed by atoms with E-state index in [2.05, 4.69) is 12.3 Å². The average molecular weight is 228 g/mol. The fourth-order valence-electron chi connectivity index (χ4n) is 1.40. The van der Waals surface area contributed by atoms with Gasteiger partial charge in [-0.25, -0.2) is 0 Å². The third-order valence-corrected chi connectivity index (χ3v) is 2.35. The topological polar surface area (TPSA) is 68.1 Å². The van der Waals surface area contributed by atoms with E-state index in [1.165, 1.54) is 0 Å². The molecular formula is C10H15BClNO2. The van der Waals surface area contributed by atoms with E-state index in [9.17, 15) is 10.0 Å². The third kappa shape index (κ3) is 3.07. The van der Waals surface area contributed by atoms with E-state index >= 15 is 0 Å². The summed E-state index contributed by atoms with van der Waals surface area (Å²) in [6.45, 7) is 3.59. The molecule has 3 nitrogen and oxygen atoms in total. The molecule has 0 fully saturated rings. The fourth-order valence-corrected chi connectivity index (χ4v) is 1.40. The summed E-state index contributed by atoms with van der Waals surface area (Å²) in [4.78, 5) is 0. The van der Waals surface area contributed by atoms with Crippen molar-refractivity contribution in [1.29, 1.82) is 0 Å². The molecule has 0 aliphatic carbocycles. The summed E-state index contributed by atoms with van der Waals surface area (Å²) in [5, 5.41) is 18.6. The van der Waals surface area contributed by atoms with Crippen LogP contribution in [0.25, 0.3) is 0 Å². The molecule has 0 aromatic heterocycles. The van der Waals surface area contributed by atoms with Crippen molar-refractivity contribution in [3.63, 3.8) is 0 Å². The van der Waals surface area contributed by atoms with Crippen molar-refractivity contribution in [3.8, 4) is 0 Å². The molecule has 0 aliphatic heterocycles. The Morgan fingerprint density at radius 1 is 1.33 bits per heavy atom. The summed E-state index contributed by atoms with van der Waals surface area (Å²) in [6, 6.07) is 9.23. The smallest absolute Gasteiger partial charge is 0.525 e. The van der Waals surface area contributed by atoms with Gasteiger partial charge in [-0.3, -0.25) is 0 Å². The first-order valence-corrected chi connectivity index (χ1v) is 4.49. The second-order valence-electron chi connectivity index (χ2n) is 3.39. The first-order chi connectivity index (χ1) is 6.61. The van der Waals surface area contributed by atoms with Gasteiger partial charge in [0.15, 0.2) is 5.44 Å². The second kappa shape index (κ2) is 5.93. The van der Waals surface area contributed by atoms with Crippen LogP contribution in [0, 0.1) is 0 Å². The Hall–Kier alpha value is -0.805. The molecule has 0 bridgehead atoms. The Morgan fingerprint density at radius 3 is 2.27 bits per heavy atom. The van der Waals surface area contributed by atoms with Crippen molar-refractivity contribution in [2.24, 2.45) is 0 Å². The van der Waals surface area contributed by atoms with E-state index in [0.29, 0.717) is 6.42 Å². The van der Waals surface area contributed by atoms with Crippen LogP contribution in [-0.2, 0) is 5.44 Å². The highest BCUT2D eigenvalue weighted by molar-refractivity contribution is 6.44. The zero-order chi connectivity index (χ0) is 10.6. The molecule has 82 valence electrons. The number of halogens is 1. The predicted octanol–water partition coefficient (Wildman–Crippen LogP) is -3.28. The van der Waals surface area contributed by atoms with Crippen molar-refractivity contribution in [2.75, 3.05) is 0 Å². The van der Waals surface area contributed by atoms with Gasteiger partial charge >= 0.3 is 7.12 Å². The Labute approximate surface area is 96.2 Å². The van der Waals surface area contributed by atoms with Crippen LogP contribution in [0.4, 0.5) is 0 Å². The van der Waals surface area contributed by atoms with Crippen molar-refractivity contribution in [1.82, 2.24) is 0 Å². The predicted molar refractivity (Wildman–Crippen MR) is 56.0 cm³/mol. The SMILES string of the molecule is C=CCC([NH3+])(B(O)O)c1ccccc1.[Cl-]. The van der Waals surface area contributed by atoms with Gasteiger partial charge in [0.25, 0.3) is 0 Å². The highest BCUT2D eigenvalue weighted by Gasteiger charge is 2.43. The van der Waals surface area contributed by atoms with Crippen LogP contribution in [0.3, 0.4) is 0 Å². The Morgan fingerprint density at radius 2 is 1.87 bits per heavy atom. The van der Waals surface area contributed by atoms with Crippen molar-refractivity contribution in [2.45, 2.75) is 11.9 Å². The third-order valence-electron chi connectivity index (χ3n) is 2.35. The van der Waals surface area contributed by atoms with Crippen LogP contribution >= 0.6 is 0 Å². The number of quaternary nitrogens is 1. The van der Waals surface area contributed by atoms with Gasteiger partial charge in [0, 0.05) is 12.0 Å². The maximum absolute atomic E-state index is 9.30. The lowest BCUT2D eigenvalue weighted by atomic mass is 9.60. The van der Waals surface area contributed by atoms with E-state index < -0.39 is 12.6 Å². The summed E-state index contributed by atoms with van der Waals surface area (Å²) in [5.74, 6) is 0. The zero-order valence-electron chi connectivity index (χ0n) is 8.44. The van der Waals surface area contributed by atoms with Crippen molar-refractivity contribution in [3.05, 3.63) is 48.6 Å². The highest BCUT2D eigenvalue weighted by atomic mass is 35.5. The van der Waals surface area contributed by atoms with E-state index in [-0.39, 0.29) is 12.4 Å². The number of rotatable bonds is 4. The normalized spacial score (nSPS) is 13.5. The van der Waals surface area contributed by atoms with Gasteiger partial charge in [0.05, 0.1) is 0 Å². The molecule has 1 aromatic carbocycles.